The minimum absolute atomic E-state index is 1.25. The van der Waals surface area contributed by atoms with E-state index in [-0.39, 0.29) is 0 Å². The van der Waals surface area contributed by atoms with Crippen LogP contribution in [0.3, 0.4) is 0 Å². The van der Waals surface area contributed by atoms with E-state index in [1.54, 1.807) is 0 Å². The summed E-state index contributed by atoms with van der Waals surface area (Å²) in [6.07, 6.45) is 0. The van der Waals surface area contributed by atoms with Gasteiger partial charge in [0.15, 0.2) is 5.34 Å². The molecule has 0 atom stereocenters. The first-order valence-corrected chi connectivity index (χ1v) is 2.08. The van der Waals surface area contributed by atoms with Crippen LogP contribution in [0.25, 0.3) is 0 Å². The van der Waals surface area contributed by atoms with Crippen molar-refractivity contribution in [3.63, 3.8) is 0 Å². The monoisotopic (exact) mass is 236 g/mol. The third kappa shape index (κ3) is 99.0. The zero-order valence-electron chi connectivity index (χ0n) is 6.44. The average molecular weight is 236 g/mol. The van der Waals surface area contributed by atoms with E-state index in [2.05, 4.69) is 0 Å². The van der Waals surface area contributed by atoms with Crippen molar-refractivity contribution < 1.29 is 36.1 Å². The molecule has 0 saturated heterocycles. The molecule has 0 rings (SSSR count). The van der Waals surface area contributed by atoms with Crippen LogP contribution in [0, 0.1) is 35.3 Å². The fourth-order valence-electron chi connectivity index (χ4n) is 0. The van der Waals surface area contributed by atoms with Gasteiger partial charge in [-0.2, -0.15) is 0 Å². The van der Waals surface area contributed by atoms with E-state index in [1.165, 1.54) is 5.34 Å². The molecule has 0 spiro atoms. The summed E-state index contributed by atoms with van der Waals surface area (Å²) in [4.78, 5) is 33.2. The van der Waals surface area contributed by atoms with Crippen LogP contribution in [-0.2, 0) is 0 Å². The maximum Gasteiger partial charge on any atom is 0.291 e. The molecular weight excluding hydrogens is 232 g/mol. The van der Waals surface area contributed by atoms with Gasteiger partial charge in [-0.1, -0.05) is 0 Å². The third-order valence-electron chi connectivity index (χ3n) is 0. The van der Waals surface area contributed by atoms with Crippen molar-refractivity contribution in [2.75, 3.05) is 0 Å². The predicted octanol–water partition coefficient (Wildman–Crippen LogP) is -0.901. The van der Waals surface area contributed by atoms with E-state index in [1.807, 2.05) is 0 Å². The molecule has 0 aromatic heterocycles. The molecule has 0 bridgehead atoms. The molecule has 0 aromatic carbocycles. The minimum atomic E-state index is -1.50. The molecule has 15 heteroatoms. The van der Waals surface area contributed by atoms with Gasteiger partial charge in [-0.3, -0.25) is 0 Å². The normalized spacial score (nSPS) is 5.60. The van der Waals surface area contributed by atoms with Gasteiger partial charge in [0.2, 0.25) is 0 Å². The van der Waals surface area contributed by atoms with Crippen LogP contribution < -0.4 is 0 Å². The van der Waals surface area contributed by atoms with Crippen molar-refractivity contribution in [3.8, 4) is 0 Å². The lowest BCUT2D eigenvalue weighted by atomic mass is 13.1. The standard InChI is InChI=1S/3HNO3.HNO2/c3*2-1(3)4;2-1-3/h3*(H,2,3,4);(H,2,3). The van der Waals surface area contributed by atoms with Gasteiger partial charge in [0.25, 0.3) is 15.3 Å². The smallest absolute Gasteiger partial charge is 0.291 e. The summed E-state index contributed by atoms with van der Waals surface area (Å²) in [6, 6.07) is 0. The van der Waals surface area contributed by atoms with E-state index in [4.69, 9.17) is 56.1 Å². The van der Waals surface area contributed by atoms with E-state index in [0.29, 0.717) is 0 Å². The predicted molar refractivity (Wildman–Crippen MR) is 33.9 cm³/mol. The highest BCUT2D eigenvalue weighted by Gasteiger charge is 1.66. The summed E-state index contributed by atoms with van der Waals surface area (Å²) in [5.74, 6) is 0. The molecule has 0 radical (unpaired) electrons. The maximum absolute atomic E-state index is 8.36. The molecule has 15 heavy (non-hydrogen) atoms. The number of hydrogen-bond acceptors (Lipinski definition) is 8. The first-order chi connectivity index (χ1) is 6.61. The number of nitrogens with zero attached hydrogens (tertiary/aromatic N) is 4. The van der Waals surface area contributed by atoms with Gasteiger partial charge < -0.3 is 20.8 Å². The van der Waals surface area contributed by atoms with Gasteiger partial charge >= 0.3 is 0 Å². The van der Waals surface area contributed by atoms with Gasteiger partial charge in [-0.05, 0) is 0 Å². The Hall–Kier alpha value is -3.00. The van der Waals surface area contributed by atoms with Crippen LogP contribution in [-0.4, -0.2) is 36.1 Å². The third-order valence-corrected chi connectivity index (χ3v) is 0. The highest BCUT2D eigenvalue weighted by molar-refractivity contribution is 3.84. The lowest BCUT2D eigenvalue weighted by Gasteiger charge is -1.56. The van der Waals surface area contributed by atoms with Crippen molar-refractivity contribution in [2.24, 2.45) is 5.34 Å². The molecule has 0 aliphatic carbocycles. The topological polar surface area (TPSA) is 240 Å². The molecule has 15 nitrogen and oxygen atoms in total. The number of hydrogen-bond donors (Lipinski definition) is 4. The Morgan fingerprint density at radius 2 is 0.800 bits per heavy atom. The molecule has 4 N–H and O–H groups in total. The largest absolute Gasteiger partial charge is 0.379 e. The Morgan fingerprint density at radius 3 is 0.800 bits per heavy atom. The Kier molecular flexibility index (Phi) is 34.0. The quantitative estimate of drug-likeness (QED) is 0.228. The van der Waals surface area contributed by atoms with E-state index >= 15 is 0 Å². The first-order valence-electron chi connectivity index (χ1n) is 2.08. The minimum Gasteiger partial charge on any atom is -0.379 e. The van der Waals surface area contributed by atoms with Gasteiger partial charge in [0, 0.05) is 0 Å². The molecule has 0 fully saturated rings. The lowest BCUT2D eigenvalue weighted by molar-refractivity contribution is -0.742. The maximum atomic E-state index is 8.36. The molecule has 0 aliphatic rings. The van der Waals surface area contributed by atoms with Crippen LogP contribution in [0.2, 0.25) is 0 Å². The second kappa shape index (κ2) is 22.4. The molecule has 0 unspecified atom stereocenters. The van der Waals surface area contributed by atoms with Gasteiger partial charge in [-0.15, -0.1) is 35.3 Å². The van der Waals surface area contributed by atoms with E-state index in [0.717, 1.165) is 0 Å². The Balaban J connectivity index is -0.0000000542. The summed E-state index contributed by atoms with van der Waals surface area (Å²) in [7, 11) is 0. The Bertz CT molecular complexity index is 142. The van der Waals surface area contributed by atoms with Crippen LogP contribution in [0.5, 0.6) is 0 Å². The second-order valence-corrected chi connectivity index (χ2v) is 0.795. The zero-order chi connectivity index (χ0) is 13.4. The molecular formula is H4N4O11. The van der Waals surface area contributed by atoms with Crippen molar-refractivity contribution in [3.05, 3.63) is 35.3 Å². The molecule has 0 amide bonds. The average Bonchev–Trinajstić information content (AvgIpc) is 1.81. The molecule has 0 heterocycles. The fourth-order valence-corrected chi connectivity index (χ4v) is 0. The summed E-state index contributed by atoms with van der Waals surface area (Å²) in [6.45, 7) is 0. The summed E-state index contributed by atoms with van der Waals surface area (Å²) in [5, 5.41) is 48.8. The van der Waals surface area contributed by atoms with Crippen molar-refractivity contribution in [1.82, 2.24) is 0 Å². The molecule has 0 aliphatic heterocycles. The Morgan fingerprint density at radius 1 is 0.800 bits per heavy atom. The van der Waals surface area contributed by atoms with E-state index in [9.17, 15) is 0 Å². The van der Waals surface area contributed by atoms with Crippen LogP contribution >= 0.6 is 0 Å². The van der Waals surface area contributed by atoms with Crippen LogP contribution in [0.1, 0.15) is 0 Å². The fraction of sp³-hybridized carbons (Fsp3) is 0. The van der Waals surface area contributed by atoms with Crippen LogP contribution in [0.4, 0.5) is 0 Å². The first kappa shape index (κ1) is 22.7. The summed E-state index contributed by atoms with van der Waals surface area (Å²) < 4.78 is 0. The molecule has 0 saturated carbocycles. The van der Waals surface area contributed by atoms with Gasteiger partial charge in [0.05, 0.1) is 0 Å². The molecule has 90 valence electrons. The highest BCUT2D eigenvalue weighted by Crippen LogP contribution is 1.39. The van der Waals surface area contributed by atoms with Crippen molar-refractivity contribution >= 4 is 0 Å². The van der Waals surface area contributed by atoms with Crippen LogP contribution in [0.15, 0.2) is 5.34 Å². The lowest BCUT2D eigenvalue weighted by Crippen LogP contribution is -1.81. The summed E-state index contributed by atoms with van der Waals surface area (Å²) >= 11 is 0. The van der Waals surface area contributed by atoms with Crippen molar-refractivity contribution in [1.29, 1.82) is 0 Å². The van der Waals surface area contributed by atoms with Gasteiger partial charge in [-0.25, -0.2) is 0 Å². The highest BCUT2D eigenvalue weighted by atomic mass is 16.9. The van der Waals surface area contributed by atoms with Gasteiger partial charge in [0.1, 0.15) is 0 Å². The summed E-state index contributed by atoms with van der Waals surface area (Å²) in [5.41, 5.74) is 0. The van der Waals surface area contributed by atoms with E-state index < -0.39 is 15.3 Å². The number of rotatable bonds is 0. The van der Waals surface area contributed by atoms with Crippen molar-refractivity contribution in [2.45, 2.75) is 0 Å². The second-order valence-electron chi connectivity index (χ2n) is 0.795. The SMILES string of the molecule is O=NO.O=[N+]([O-])O.O=[N+]([O-])O.O=[N+]([O-])O. The zero-order valence-corrected chi connectivity index (χ0v) is 6.44. The molecule has 0 aromatic rings. The Labute approximate surface area is 78.0 Å².